The van der Waals surface area contributed by atoms with Crippen molar-refractivity contribution >= 4 is 11.8 Å². The van der Waals surface area contributed by atoms with E-state index < -0.39 is 12.0 Å². The number of likely N-dealkylation sites (tertiary alicyclic amines) is 2. The molecule has 0 unspecified atom stereocenters. The van der Waals surface area contributed by atoms with Crippen molar-refractivity contribution in [1.82, 2.24) is 25.1 Å². The Balaban J connectivity index is 1.16. The van der Waals surface area contributed by atoms with Crippen molar-refractivity contribution in [2.45, 2.75) is 51.5 Å². The third-order valence-electron chi connectivity index (χ3n) is 8.26. The van der Waals surface area contributed by atoms with Gasteiger partial charge in [0.1, 0.15) is 12.1 Å². The van der Waals surface area contributed by atoms with Crippen molar-refractivity contribution in [2.75, 3.05) is 32.7 Å². The number of carbonyl (C=O) groups is 2. The minimum Gasteiger partial charge on any atom is -0.349 e. The molecule has 204 valence electrons. The number of aryl methyl sites for hydroxylation is 2. The van der Waals surface area contributed by atoms with Crippen molar-refractivity contribution in [1.29, 1.82) is 0 Å². The minimum absolute atomic E-state index is 0.0142. The number of hydrogen-bond donors (Lipinski definition) is 1. The van der Waals surface area contributed by atoms with E-state index >= 15 is 0 Å². The van der Waals surface area contributed by atoms with Gasteiger partial charge in [-0.1, -0.05) is 12.1 Å². The molecule has 7 nitrogen and oxygen atoms in total. The zero-order valence-corrected chi connectivity index (χ0v) is 21.8. The quantitative estimate of drug-likeness (QED) is 0.561. The monoisotopic (exact) mass is 529 g/mol. The Kier molecular flexibility index (Phi) is 7.44. The van der Waals surface area contributed by atoms with Gasteiger partial charge in [-0.2, -0.15) is 0 Å². The fourth-order valence-corrected chi connectivity index (χ4v) is 6.30. The van der Waals surface area contributed by atoms with Crippen molar-refractivity contribution in [3.8, 4) is 0 Å². The van der Waals surface area contributed by atoms with Crippen LogP contribution in [0.5, 0.6) is 0 Å². The van der Waals surface area contributed by atoms with Crippen molar-refractivity contribution in [3.63, 3.8) is 0 Å². The normalized spacial score (nSPS) is 23.7. The smallest absolute Gasteiger partial charge is 0.257 e. The van der Waals surface area contributed by atoms with Crippen LogP contribution in [0.4, 0.5) is 13.2 Å². The Labute approximate surface area is 220 Å². The van der Waals surface area contributed by atoms with Crippen LogP contribution in [0.2, 0.25) is 0 Å². The first-order chi connectivity index (χ1) is 18.1. The maximum atomic E-state index is 13.9. The van der Waals surface area contributed by atoms with Crippen molar-refractivity contribution in [2.24, 2.45) is 17.8 Å². The van der Waals surface area contributed by atoms with Gasteiger partial charge in [0.15, 0.2) is 0 Å². The molecule has 1 aromatic heterocycles. The molecule has 2 aromatic rings. The molecule has 2 saturated heterocycles. The van der Waals surface area contributed by atoms with Crippen LogP contribution in [0.25, 0.3) is 0 Å². The lowest BCUT2D eigenvalue weighted by Gasteiger charge is -2.34. The van der Waals surface area contributed by atoms with Crippen molar-refractivity contribution in [3.05, 3.63) is 58.9 Å². The molecule has 2 amide bonds. The van der Waals surface area contributed by atoms with Gasteiger partial charge < -0.3 is 15.1 Å². The molecule has 2 aliphatic heterocycles. The average Bonchev–Trinajstić information content (AvgIpc) is 3.39. The number of aromatic nitrogens is 2. The average molecular weight is 530 g/mol. The lowest BCUT2D eigenvalue weighted by Crippen LogP contribution is -2.40. The summed E-state index contributed by atoms with van der Waals surface area (Å²) in [5.41, 5.74) is 2.64. The van der Waals surface area contributed by atoms with Gasteiger partial charge >= 0.3 is 0 Å². The van der Waals surface area contributed by atoms with Crippen LogP contribution in [-0.4, -0.2) is 70.2 Å². The van der Waals surface area contributed by atoms with Crippen LogP contribution in [0.15, 0.2) is 30.6 Å². The molecule has 3 aliphatic rings. The van der Waals surface area contributed by atoms with Gasteiger partial charge in [-0.05, 0) is 55.7 Å². The van der Waals surface area contributed by atoms with Crippen LogP contribution in [0.3, 0.4) is 0 Å². The second kappa shape index (κ2) is 10.6. The van der Waals surface area contributed by atoms with Gasteiger partial charge in [0.25, 0.3) is 5.91 Å². The molecular weight excluding hydrogens is 495 g/mol. The summed E-state index contributed by atoms with van der Waals surface area (Å²) in [6, 6.07) is 5.77. The topological polar surface area (TPSA) is 78.4 Å². The van der Waals surface area contributed by atoms with Crippen LogP contribution in [0, 0.1) is 37.4 Å². The Morgan fingerprint density at radius 3 is 2.34 bits per heavy atom. The zero-order chi connectivity index (χ0) is 27.0. The number of fused-ring (bicyclic) bond motifs is 1. The Morgan fingerprint density at radius 2 is 1.74 bits per heavy atom. The minimum atomic E-state index is -2.66. The Morgan fingerprint density at radius 1 is 1.08 bits per heavy atom. The lowest BCUT2D eigenvalue weighted by atomic mass is 9.79. The first-order valence-corrected chi connectivity index (χ1v) is 13.3. The van der Waals surface area contributed by atoms with Crippen LogP contribution >= 0.6 is 0 Å². The van der Waals surface area contributed by atoms with Gasteiger partial charge in [-0.25, -0.2) is 23.1 Å². The first kappa shape index (κ1) is 26.6. The summed E-state index contributed by atoms with van der Waals surface area (Å²) < 4.78 is 40.3. The maximum Gasteiger partial charge on any atom is 0.257 e. The molecule has 1 N–H and O–H groups in total. The standard InChI is InChI=1S/C28H34F3N5O2/c1-17-26(18(2)33-16-32-17)27(38)36-14-21-12-35(13-22(21)15-36)7-6-24(20-4-3-5-23(29)9-20)34-25(37)8-19-10-28(30,31)11-19/h3-5,9,16,19,21-22,24H,6-8,10-15H2,1-2H3,(H,34,37)/t21-,22+,24-/m0/s1. The first-order valence-electron chi connectivity index (χ1n) is 13.3. The van der Waals surface area contributed by atoms with Gasteiger partial charge in [0, 0.05) is 52.0 Å². The molecule has 0 spiro atoms. The van der Waals surface area contributed by atoms with E-state index in [4.69, 9.17) is 0 Å². The predicted molar refractivity (Wildman–Crippen MR) is 135 cm³/mol. The molecule has 38 heavy (non-hydrogen) atoms. The molecule has 3 atom stereocenters. The SMILES string of the molecule is Cc1ncnc(C)c1C(=O)N1C[C@H]2CN(CC[C@H](NC(=O)CC3CC(F)(F)C3)c3cccc(F)c3)C[C@H]2C1. The van der Waals surface area contributed by atoms with Crippen LogP contribution < -0.4 is 5.32 Å². The number of nitrogens with zero attached hydrogens (tertiary/aromatic N) is 4. The van der Waals surface area contributed by atoms with E-state index in [9.17, 15) is 22.8 Å². The predicted octanol–water partition coefficient (Wildman–Crippen LogP) is 3.92. The third-order valence-corrected chi connectivity index (χ3v) is 8.26. The molecule has 1 saturated carbocycles. The summed E-state index contributed by atoms with van der Waals surface area (Å²) in [6.45, 7) is 7.42. The zero-order valence-electron chi connectivity index (χ0n) is 21.8. The molecule has 10 heteroatoms. The van der Waals surface area contributed by atoms with E-state index in [-0.39, 0.29) is 42.8 Å². The van der Waals surface area contributed by atoms with Gasteiger partial charge in [-0.3, -0.25) is 9.59 Å². The van der Waals surface area contributed by atoms with E-state index in [1.54, 1.807) is 12.1 Å². The van der Waals surface area contributed by atoms with Crippen LogP contribution in [0.1, 0.15) is 59.0 Å². The number of benzene rings is 1. The number of rotatable bonds is 8. The second-order valence-electron chi connectivity index (χ2n) is 11.2. The fourth-order valence-electron chi connectivity index (χ4n) is 6.30. The molecule has 0 radical (unpaired) electrons. The maximum absolute atomic E-state index is 13.9. The molecule has 1 aliphatic carbocycles. The molecule has 1 aromatic carbocycles. The van der Waals surface area contributed by atoms with E-state index in [2.05, 4.69) is 20.2 Å². The summed E-state index contributed by atoms with van der Waals surface area (Å²) in [7, 11) is 0. The van der Waals surface area contributed by atoms with E-state index in [0.717, 1.165) is 13.1 Å². The highest BCUT2D eigenvalue weighted by atomic mass is 19.3. The van der Waals surface area contributed by atoms with E-state index in [0.29, 0.717) is 60.4 Å². The summed E-state index contributed by atoms with van der Waals surface area (Å²) >= 11 is 0. The summed E-state index contributed by atoms with van der Waals surface area (Å²) in [5.74, 6) is -2.90. The molecule has 5 rings (SSSR count). The summed E-state index contributed by atoms with van der Waals surface area (Å²) in [4.78, 5) is 38.4. The lowest BCUT2D eigenvalue weighted by molar-refractivity contribution is -0.134. The number of halogens is 3. The molecular formula is C28H34F3N5O2. The van der Waals surface area contributed by atoms with Gasteiger partial charge in [-0.15, -0.1) is 0 Å². The van der Waals surface area contributed by atoms with Crippen molar-refractivity contribution < 1.29 is 22.8 Å². The highest BCUT2D eigenvalue weighted by molar-refractivity contribution is 5.96. The number of nitrogens with one attached hydrogen (secondary N) is 1. The van der Waals surface area contributed by atoms with E-state index in [1.807, 2.05) is 18.7 Å². The highest BCUT2D eigenvalue weighted by Crippen LogP contribution is 2.44. The summed E-state index contributed by atoms with van der Waals surface area (Å²) in [6.07, 6.45) is 1.61. The third kappa shape index (κ3) is 5.85. The van der Waals surface area contributed by atoms with Gasteiger partial charge in [0.2, 0.25) is 11.8 Å². The summed E-state index contributed by atoms with van der Waals surface area (Å²) in [5, 5.41) is 2.97. The van der Waals surface area contributed by atoms with Crippen LogP contribution in [-0.2, 0) is 4.79 Å². The molecule has 0 bridgehead atoms. The molecule has 3 fully saturated rings. The Hall–Kier alpha value is -3.01. The number of hydrogen-bond acceptors (Lipinski definition) is 5. The highest BCUT2D eigenvalue weighted by Gasteiger charge is 2.46. The number of alkyl halides is 2. The second-order valence-corrected chi connectivity index (χ2v) is 11.2. The molecule has 3 heterocycles. The number of carbonyl (C=O) groups excluding carboxylic acids is 2. The number of amides is 2. The largest absolute Gasteiger partial charge is 0.349 e. The van der Waals surface area contributed by atoms with E-state index in [1.165, 1.54) is 18.5 Å². The van der Waals surface area contributed by atoms with Gasteiger partial charge in [0.05, 0.1) is 23.0 Å². The fraction of sp³-hybridized carbons (Fsp3) is 0.571. The Bertz CT molecular complexity index is 1170.